The lowest BCUT2D eigenvalue weighted by molar-refractivity contribution is 0.209. The van der Waals surface area contributed by atoms with E-state index < -0.39 is 6.23 Å². The molecule has 1 aliphatic heterocycles. The molecule has 3 heterocycles. The number of hydrogen-bond acceptors (Lipinski definition) is 9. The summed E-state index contributed by atoms with van der Waals surface area (Å²) in [5, 5.41) is 18.6. The lowest BCUT2D eigenvalue weighted by Gasteiger charge is -2.38. The fourth-order valence-corrected chi connectivity index (χ4v) is 4.32. The minimum Gasteiger partial charge on any atom is -0.481 e. The van der Waals surface area contributed by atoms with Gasteiger partial charge in [0.05, 0.1) is 31.6 Å². The Morgan fingerprint density at radius 3 is 2.53 bits per heavy atom. The number of benzene rings is 1. The third-order valence-electron chi connectivity index (χ3n) is 5.64. The van der Waals surface area contributed by atoms with Crippen LogP contribution in [0.3, 0.4) is 0 Å². The van der Waals surface area contributed by atoms with E-state index in [1.807, 2.05) is 25.1 Å². The Bertz CT molecular complexity index is 1100. The maximum atomic E-state index is 11.0. The molecule has 0 amide bonds. The zero-order valence-corrected chi connectivity index (χ0v) is 19.1. The number of aromatic nitrogens is 3. The van der Waals surface area contributed by atoms with Crippen LogP contribution in [-0.2, 0) is 0 Å². The monoisotopic (exact) mass is 438 g/mol. The molecule has 0 radical (unpaired) electrons. The van der Waals surface area contributed by atoms with Gasteiger partial charge in [0.15, 0.2) is 6.23 Å². The van der Waals surface area contributed by atoms with Gasteiger partial charge in [-0.3, -0.25) is 0 Å². The Balaban J connectivity index is 1.72. The van der Waals surface area contributed by atoms with Gasteiger partial charge in [0.25, 0.3) is 0 Å². The van der Waals surface area contributed by atoms with Gasteiger partial charge in [-0.25, -0.2) is 9.97 Å². The SMILES string of the molecule is COc1ncc2c(N3C[C@@H](C)N[C@@H](C)C3)ccc(C(O)Nc3cnc(OC)c(C)c3)c2n1. The van der Waals surface area contributed by atoms with Crippen LogP contribution in [0.1, 0.15) is 31.2 Å². The molecule has 170 valence electrons. The van der Waals surface area contributed by atoms with Crippen LogP contribution in [0.15, 0.2) is 30.6 Å². The topological polar surface area (TPSA) is 105 Å². The molecule has 3 N–H and O–H groups in total. The van der Waals surface area contributed by atoms with E-state index in [1.165, 1.54) is 7.11 Å². The van der Waals surface area contributed by atoms with Crippen molar-refractivity contribution in [3.8, 4) is 11.9 Å². The highest BCUT2D eigenvalue weighted by atomic mass is 16.5. The quantitative estimate of drug-likeness (QED) is 0.501. The number of nitrogens with one attached hydrogen (secondary N) is 2. The highest BCUT2D eigenvalue weighted by molar-refractivity contribution is 5.94. The third-order valence-corrected chi connectivity index (χ3v) is 5.64. The first-order valence-corrected chi connectivity index (χ1v) is 10.7. The Morgan fingerprint density at radius 1 is 1.12 bits per heavy atom. The summed E-state index contributed by atoms with van der Waals surface area (Å²) < 4.78 is 10.5. The number of piperazine rings is 1. The summed E-state index contributed by atoms with van der Waals surface area (Å²) in [6.45, 7) is 8.01. The number of nitrogens with zero attached hydrogens (tertiary/aromatic N) is 4. The minimum absolute atomic E-state index is 0.257. The van der Waals surface area contributed by atoms with E-state index in [1.54, 1.807) is 19.5 Å². The highest BCUT2D eigenvalue weighted by Gasteiger charge is 2.24. The summed E-state index contributed by atoms with van der Waals surface area (Å²) in [6.07, 6.45) is 2.40. The van der Waals surface area contributed by atoms with Gasteiger partial charge in [0, 0.05) is 53.6 Å². The molecule has 32 heavy (non-hydrogen) atoms. The largest absolute Gasteiger partial charge is 0.481 e. The minimum atomic E-state index is -0.998. The Labute approximate surface area is 187 Å². The van der Waals surface area contributed by atoms with Crippen LogP contribution in [0, 0.1) is 6.92 Å². The van der Waals surface area contributed by atoms with E-state index in [-0.39, 0.29) is 6.01 Å². The molecule has 0 bridgehead atoms. The predicted molar refractivity (Wildman–Crippen MR) is 124 cm³/mol. The van der Waals surface area contributed by atoms with Crippen LogP contribution in [0.25, 0.3) is 10.9 Å². The van der Waals surface area contributed by atoms with Crippen molar-refractivity contribution >= 4 is 22.3 Å². The molecular weight excluding hydrogens is 408 g/mol. The maximum Gasteiger partial charge on any atom is 0.316 e. The van der Waals surface area contributed by atoms with E-state index in [4.69, 9.17) is 9.47 Å². The van der Waals surface area contributed by atoms with Crippen LogP contribution in [0.5, 0.6) is 11.9 Å². The van der Waals surface area contributed by atoms with E-state index in [9.17, 15) is 5.11 Å². The summed E-state index contributed by atoms with van der Waals surface area (Å²) in [7, 11) is 3.11. The normalized spacial score (nSPS) is 19.6. The summed E-state index contributed by atoms with van der Waals surface area (Å²) >= 11 is 0. The van der Waals surface area contributed by atoms with Crippen molar-refractivity contribution in [2.75, 3.05) is 37.5 Å². The van der Waals surface area contributed by atoms with Gasteiger partial charge in [-0.1, -0.05) is 6.07 Å². The summed E-state index contributed by atoms with van der Waals surface area (Å²) in [5.74, 6) is 0.553. The number of pyridine rings is 1. The van der Waals surface area contributed by atoms with Crippen LogP contribution < -0.4 is 25.0 Å². The number of ether oxygens (including phenoxy) is 2. The van der Waals surface area contributed by atoms with Crippen LogP contribution in [0.4, 0.5) is 11.4 Å². The zero-order chi connectivity index (χ0) is 22.8. The first-order valence-electron chi connectivity index (χ1n) is 10.7. The molecule has 1 aliphatic rings. The van der Waals surface area contributed by atoms with Gasteiger partial charge >= 0.3 is 6.01 Å². The molecule has 0 saturated carbocycles. The second-order valence-corrected chi connectivity index (χ2v) is 8.26. The standard InChI is InChI=1S/C23H30N6O3/c1-13-8-16(9-24-22(13)31-4)27-21(30)17-6-7-19(29-11-14(2)26-15(3)12-29)18-10-25-23(32-5)28-20(17)18/h6-10,14-15,21,26-27,30H,11-12H2,1-5H3/t14-,15+,21?. The van der Waals surface area contributed by atoms with Crippen LogP contribution in [0.2, 0.25) is 0 Å². The van der Waals surface area contributed by atoms with Crippen molar-refractivity contribution in [2.45, 2.75) is 39.1 Å². The summed E-state index contributed by atoms with van der Waals surface area (Å²) in [4.78, 5) is 15.5. The molecule has 1 aromatic carbocycles. The smallest absolute Gasteiger partial charge is 0.316 e. The Morgan fingerprint density at radius 2 is 1.88 bits per heavy atom. The maximum absolute atomic E-state index is 11.0. The Hall–Kier alpha value is -3.17. The molecule has 1 unspecified atom stereocenters. The first-order chi connectivity index (χ1) is 15.4. The van der Waals surface area contributed by atoms with Gasteiger partial charge in [-0.15, -0.1) is 0 Å². The number of hydrogen-bond donors (Lipinski definition) is 3. The average molecular weight is 439 g/mol. The number of aryl methyl sites for hydroxylation is 1. The number of fused-ring (bicyclic) bond motifs is 1. The summed E-state index contributed by atoms with van der Waals surface area (Å²) in [6, 6.07) is 6.80. The van der Waals surface area contributed by atoms with Gasteiger partial charge in [-0.2, -0.15) is 4.98 Å². The van der Waals surface area contributed by atoms with Crippen molar-refractivity contribution in [1.82, 2.24) is 20.3 Å². The molecule has 9 heteroatoms. The molecule has 3 aromatic rings. The molecule has 1 fully saturated rings. The fraction of sp³-hybridized carbons (Fsp3) is 0.435. The molecule has 9 nitrogen and oxygen atoms in total. The average Bonchev–Trinajstić information content (AvgIpc) is 2.77. The van der Waals surface area contributed by atoms with Crippen molar-refractivity contribution in [2.24, 2.45) is 0 Å². The van der Waals surface area contributed by atoms with Crippen molar-refractivity contribution in [3.05, 3.63) is 41.7 Å². The molecule has 1 saturated heterocycles. The number of anilines is 2. The highest BCUT2D eigenvalue weighted by Crippen LogP contribution is 2.33. The second kappa shape index (κ2) is 9.13. The molecule has 3 atom stereocenters. The molecule has 2 aromatic heterocycles. The van der Waals surface area contributed by atoms with Gasteiger partial charge in [0.2, 0.25) is 5.88 Å². The second-order valence-electron chi connectivity index (χ2n) is 8.26. The summed E-state index contributed by atoms with van der Waals surface area (Å²) in [5.41, 5.74) is 3.87. The number of aliphatic hydroxyl groups is 1. The zero-order valence-electron chi connectivity index (χ0n) is 19.1. The number of rotatable bonds is 6. The van der Waals surface area contributed by atoms with Gasteiger partial charge in [-0.05, 0) is 32.9 Å². The van der Waals surface area contributed by atoms with E-state index in [2.05, 4.69) is 44.3 Å². The number of methoxy groups -OCH3 is 2. The lowest BCUT2D eigenvalue weighted by atomic mass is 10.0. The lowest BCUT2D eigenvalue weighted by Crippen LogP contribution is -2.54. The van der Waals surface area contributed by atoms with Crippen LogP contribution >= 0.6 is 0 Å². The van der Waals surface area contributed by atoms with E-state index in [0.717, 1.165) is 29.7 Å². The van der Waals surface area contributed by atoms with Crippen molar-refractivity contribution < 1.29 is 14.6 Å². The fourth-order valence-electron chi connectivity index (χ4n) is 4.32. The van der Waals surface area contributed by atoms with Crippen molar-refractivity contribution in [1.29, 1.82) is 0 Å². The Kier molecular flexibility index (Phi) is 6.29. The molecule has 0 aliphatic carbocycles. The molecular formula is C23H30N6O3. The van der Waals surface area contributed by atoms with Crippen molar-refractivity contribution in [3.63, 3.8) is 0 Å². The van der Waals surface area contributed by atoms with Gasteiger partial charge in [0.1, 0.15) is 0 Å². The third kappa shape index (κ3) is 4.39. The first kappa shape index (κ1) is 22.0. The number of aliphatic hydroxyl groups excluding tert-OH is 1. The van der Waals surface area contributed by atoms with Gasteiger partial charge < -0.3 is 30.1 Å². The predicted octanol–water partition coefficient (Wildman–Crippen LogP) is 2.64. The van der Waals surface area contributed by atoms with E-state index in [0.29, 0.717) is 34.7 Å². The molecule has 4 rings (SSSR count). The van der Waals surface area contributed by atoms with E-state index >= 15 is 0 Å². The van der Waals surface area contributed by atoms with Crippen LogP contribution in [-0.4, -0.2) is 59.5 Å². The molecule has 0 spiro atoms.